The van der Waals surface area contributed by atoms with Crippen LogP contribution in [0, 0.1) is 12.9 Å². The highest BCUT2D eigenvalue weighted by Gasteiger charge is 2.37. The molecule has 0 radical (unpaired) electrons. The van der Waals surface area contributed by atoms with E-state index >= 15 is 0 Å². The molecule has 3 nitrogen and oxygen atoms in total. The van der Waals surface area contributed by atoms with Crippen LogP contribution in [0.4, 0.5) is 30.7 Å². The molecule has 0 aliphatic carbocycles. The summed E-state index contributed by atoms with van der Waals surface area (Å²) in [5.74, 6) is -1.91. The predicted molar refractivity (Wildman–Crippen MR) is 60.0 cm³/mol. The summed E-state index contributed by atoms with van der Waals surface area (Å²) in [6, 6.07) is 1.69. The monoisotopic (exact) mass is 325 g/mol. The molecule has 2 heterocycles. The minimum atomic E-state index is -5.04. The second-order valence-corrected chi connectivity index (χ2v) is 4.27. The van der Waals surface area contributed by atoms with Crippen LogP contribution in [0.15, 0.2) is 18.3 Å². The fraction of sp³-hybridized carbons (Fsp3) is 0.250. The van der Waals surface area contributed by atoms with Gasteiger partial charge in [0.2, 0.25) is 5.95 Å². The molecule has 0 bridgehead atoms. The minimum Gasteiger partial charge on any atom is -0.249 e. The maximum atomic E-state index is 13.3. The molecule has 2 aromatic rings. The molecule has 0 amide bonds. The van der Waals surface area contributed by atoms with Crippen LogP contribution in [0.3, 0.4) is 0 Å². The summed E-state index contributed by atoms with van der Waals surface area (Å²) in [5, 5.41) is 0. The van der Waals surface area contributed by atoms with Gasteiger partial charge in [-0.2, -0.15) is 30.7 Å². The summed E-state index contributed by atoms with van der Waals surface area (Å²) in [6.45, 7) is 1.26. The first-order valence-electron chi connectivity index (χ1n) is 5.64. The molecule has 10 heteroatoms. The van der Waals surface area contributed by atoms with Gasteiger partial charge in [-0.15, -0.1) is 0 Å². The van der Waals surface area contributed by atoms with Gasteiger partial charge in [-0.05, 0) is 19.1 Å². The highest BCUT2D eigenvalue weighted by Crippen LogP contribution is 2.32. The van der Waals surface area contributed by atoms with E-state index in [0.717, 1.165) is 6.07 Å². The molecule has 2 aromatic heterocycles. The zero-order valence-electron chi connectivity index (χ0n) is 10.7. The number of rotatable bonds is 1. The summed E-state index contributed by atoms with van der Waals surface area (Å²) in [7, 11) is 0. The summed E-state index contributed by atoms with van der Waals surface area (Å²) < 4.78 is 88.4. The van der Waals surface area contributed by atoms with E-state index < -0.39 is 35.4 Å². The van der Waals surface area contributed by atoms with Crippen molar-refractivity contribution >= 4 is 0 Å². The largest absolute Gasteiger partial charge is 0.437 e. The Labute approximate surface area is 118 Å². The quantitative estimate of drug-likeness (QED) is 0.743. The van der Waals surface area contributed by atoms with Crippen molar-refractivity contribution in [3.05, 3.63) is 41.4 Å². The average Bonchev–Trinajstić information content (AvgIpc) is 2.35. The highest BCUT2D eigenvalue weighted by molar-refractivity contribution is 5.59. The number of hydrogen-bond acceptors (Lipinski definition) is 3. The molecule has 0 fully saturated rings. The van der Waals surface area contributed by atoms with E-state index in [9.17, 15) is 30.7 Å². The van der Waals surface area contributed by atoms with Crippen molar-refractivity contribution in [2.45, 2.75) is 19.3 Å². The van der Waals surface area contributed by atoms with Crippen LogP contribution in [0.5, 0.6) is 0 Å². The van der Waals surface area contributed by atoms with Crippen molar-refractivity contribution in [2.75, 3.05) is 0 Å². The number of halogens is 7. The van der Waals surface area contributed by atoms with Crippen LogP contribution >= 0.6 is 0 Å². The highest BCUT2D eigenvalue weighted by atomic mass is 19.4. The van der Waals surface area contributed by atoms with Crippen LogP contribution < -0.4 is 0 Å². The van der Waals surface area contributed by atoms with Crippen molar-refractivity contribution in [3.8, 4) is 11.3 Å². The van der Waals surface area contributed by atoms with E-state index in [4.69, 9.17) is 0 Å². The van der Waals surface area contributed by atoms with Gasteiger partial charge >= 0.3 is 12.4 Å². The lowest BCUT2D eigenvalue weighted by atomic mass is 10.1. The summed E-state index contributed by atoms with van der Waals surface area (Å²) in [6.07, 6.45) is -9.24. The molecule has 0 saturated heterocycles. The Hall–Kier alpha value is -2.26. The number of aromatic nitrogens is 3. The fourth-order valence-corrected chi connectivity index (χ4v) is 1.66. The van der Waals surface area contributed by atoms with E-state index in [1.165, 1.54) is 6.92 Å². The second-order valence-electron chi connectivity index (χ2n) is 4.27. The van der Waals surface area contributed by atoms with Crippen molar-refractivity contribution in [3.63, 3.8) is 0 Å². The lowest BCUT2D eigenvalue weighted by molar-refractivity contribution is -0.144. The molecule has 0 saturated carbocycles. The first-order chi connectivity index (χ1) is 9.98. The lowest BCUT2D eigenvalue weighted by Crippen LogP contribution is -2.13. The molecule has 0 N–H and O–H groups in total. The molecule has 0 unspecified atom stereocenters. The van der Waals surface area contributed by atoms with E-state index in [1.54, 1.807) is 0 Å². The van der Waals surface area contributed by atoms with Crippen LogP contribution in [0.1, 0.15) is 17.1 Å². The number of hydrogen-bond donors (Lipinski definition) is 0. The van der Waals surface area contributed by atoms with E-state index in [-0.39, 0.29) is 11.3 Å². The predicted octanol–water partition coefficient (Wildman–Crippen LogP) is 4.02. The van der Waals surface area contributed by atoms with E-state index in [2.05, 4.69) is 15.0 Å². The van der Waals surface area contributed by atoms with Crippen LogP contribution in [-0.4, -0.2) is 15.0 Å². The maximum Gasteiger partial charge on any atom is 0.437 e. The van der Waals surface area contributed by atoms with Gasteiger partial charge in [-0.1, -0.05) is 0 Å². The third-order valence-electron chi connectivity index (χ3n) is 2.54. The SMILES string of the molecule is Cc1cc(-c2cnc(C(F)(F)F)c(F)n2)cc(C(F)(F)F)n1. The van der Waals surface area contributed by atoms with Crippen molar-refractivity contribution in [2.24, 2.45) is 0 Å². The Morgan fingerprint density at radius 3 is 2.05 bits per heavy atom. The van der Waals surface area contributed by atoms with Gasteiger partial charge in [-0.3, -0.25) is 0 Å². The zero-order valence-corrected chi connectivity index (χ0v) is 10.7. The van der Waals surface area contributed by atoms with Gasteiger partial charge in [0.1, 0.15) is 5.69 Å². The van der Waals surface area contributed by atoms with Crippen molar-refractivity contribution < 1.29 is 30.7 Å². The summed E-state index contributed by atoms with van der Waals surface area (Å²) in [5.41, 5.74) is -3.84. The summed E-state index contributed by atoms with van der Waals surface area (Å²) in [4.78, 5) is 9.18. The third-order valence-corrected chi connectivity index (χ3v) is 2.54. The molecule has 0 spiro atoms. The maximum absolute atomic E-state index is 13.3. The Balaban J connectivity index is 2.54. The number of aryl methyl sites for hydroxylation is 1. The van der Waals surface area contributed by atoms with Crippen molar-refractivity contribution in [1.29, 1.82) is 0 Å². The van der Waals surface area contributed by atoms with Crippen LogP contribution in [0.25, 0.3) is 11.3 Å². The van der Waals surface area contributed by atoms with Crippen LogP contribution in [0.2, 0.25) is 0 Å². The third kappa shape index (κ3) is 3.31. The molecule has 2 rings (SSSR count). The van der Waals surface area contributed by atoms with Gasteiger partial charge < -0.3 is 0 Å². The smallest absolute Gasteiger partial charge is 0.249 e. The standard InChI is InChI=1S/C12H6F7N3/c1-5-2-6(3-8(21-5)11(14,15)16)7-4-20-9(10(13)22-7)12(17,18)19/h2-4H,1H3. The molecule has 0 atom stereocenters. The molecule has 0 aromatic carbocycles. The lowest BCUT2D eigenvalue weighted by Gasteiger charge is -2.10. The van der Waals surface area contributed by atoms with E-state index in [0.29, 0.717) is 12.3 Å². The molecule has 22 heavy (non-hydrogen) atoms. The molecular formula is C12H6F7N3. The van der Waals surface area contributed by atoms with Gasteiger partial charge in [-0.25, -0.2) is 15.0 Å². The number of nitrogens with zero attached hydrogens (tertiary/aromatic N) is 3. The Morgan fingerprint density at radius 2 is 1.55 bits per heavy atom. The van der Waals surface area contributed by atoms with Crippen LogP contribution in [-0.2, 0) is 12.4 Å². The van der Waals surface area contributed by atoms with Gasteiger partial charge in [0.05, 0.1) is 11.9 Å². The van der Waals surface area contributed by atoms with E-state index in [1.807, 2.05) is 0 Å². The summed E-state index contributed by atoms with van der Waals surface area (Å²) >= 11 is 0. The normalized spacial score (nSPS) is 12.5. The number of alkyl halides is 6. The van der Waals surface area contributed by atoms with Crippen molar-refractivity contribution in [1.82, 2.24) is 15.0 Å². The number of pyridine rings is 1. The zero-order chi connectivity index (χ0) is 16.7. The first kappa shape index (κ1) is 16.1. The Bertz CT molecular complexity index is 707. The first-order valence-corrected chi connectivity index (χ1v) is 5.64. The minimum absolute atomic E-state index is 0.0491. The Kier molecular flexibility index (Phi) is 3.80. The topological polar surface area (TPSA) is 38.7 Å². The van der Waals surface area contributed by atoms with Gasteiger partial charge in [0, 0.05) is 11.3 Å². The molecule has 0 aliphatic heterocycles. The second kappa shape index (κ2) is 5.18. The molecular weight excluding hydrogens is 319 g/mol. The van der Waals surface area contributed by atoms with Gasteiger partial charge in [0.15, 0.2) is 5.69 Å². The average molecular weight is 325 g/mol. The van der Waals surface area contributed by atoms with Gasteiger partial charge in [0.25, 0.3) is 0 Å². The Morgan fingerprint density at radius 1 is 0.909 bits per heavy atom. The molecule has 0 aliphatic rings. The fourth-order valence-electron chi connectivity index (χ4n) is 1.66. The molecule has 118 valence electrons.